The second-order valence-electron chi connectivity index (χ2n) is 6.22. The fraction of sp³-hybridized carbons (Fsp3) is 0.250. The molecule has 0 radical (unpaired) electrons. The summed E-state index contributed by atoms with van der Waals surface area (Å²) in [5, 5.41) is 17.8. The summed E-state index contributed by atoms with van der Waals surface area (Å²) >= 11 is 0. The van der Waals surface area contributed by atoms with Crippen LogP contribution < -0.4 is 9.64 Å². The first-order valence-electron chi connectivity index (χ1n) is 8.69. The summed E-state index contributed by atoms with van der Waals surface area (Å²) < 4.78 is 12.9. The predicted octanol–water partition coefficient (Wildman–Crippen LogP) is 2.74. The van der Waals surface area contributed by atoms with Gasteiger partial charge in [-0.3, -0.25) is 0 Å². The van der Waals surface area contributed by atoms with Gasteiger partial charge in [0.25, 0.3) is 0 Å². The number of hydrogen-bond acceptors (Lipinski definition) is 6. The fourth-order valence-electron chi connectivity index (χ4n) is 3.20. The number of hydrogen-bond donors (Lipinski definition) is 0. The minimum Gasteiger partial charge on any atom is -0.497 e. The largest absolute Gasteiger partial charge is 0.497 e. The first-order valence-corrected chi connectivity index (χ1v) is 8.69. The molecule has 1 aliphatic heterocycles. The van der Waals surface area contributed by atoms with Crippen molar-refractivity contribution in [1.82, 2.24) is 15.0 Å². The van der Waals surface area contributed by atoms with Crippen molar-refractivity contribution in [2.45, 2.75) is 12.8 Å². The van der Waals surface area contributed by atoms with E-state index in [1.807, 2.05) is 48.7 Å². The maximum Gasteiger partial charge on any atom is 0.177 e. The Balaban J connectivity index is 1.54. The molecule has 1 aromatic heterocycles. The second-order valence-corrected chi connectivity index (χ2v) is 6.22. The van der Waals surface area contributed by atoms with Crippen molar-refractivity contribution >= 4 is 5.69 Å². The molecule has 2 aromatic carbocycles. The molecule has 136 valence electrons. The molecule has 4 rings (SSSR count). The van der Waals surface area contributed by atoms with Crippen molar-refractivity contribution in [3.8, 4) is 11.8 Å². The first-order chi connectivity index (χ1) is 13.3. The zero-order valence-corrected chi connectivity index (χ0v) is 14.9. The van der Waals surface area contributed by atoms with E-state index in [2.05, 4.69) is 21.3 Å². The van der Waals surface area contributed by atoms with E-state index in [0.29, 0.717) is 18.7 Å². The summed E-state index contributed by atoms with van der Waals surface area (Å²) in [5.41, 5.74) is 3.35. The van der Waals surface area contributed by atoms with Crippen LogP contribution in [-0.2, 0) is 11.3 Å². The molecule has 0 unspecified atom stereocenters. The molecule has 1 saturated heterocycles. The number of methoxy groups -OCH3 is 1. The van der Waals surface area contributed by atoms with Gasteiger partial charge in [0.1, 0.15) is 11.4 Å². The number of rotatable bonds is 5. The number of aromatic nitrogens is 3. The Morgan fingerprint density at radius 1 is 1.22 bits per heavy atom. The van der Waals surface area contributed by atoms with Crippen molar-refractivity contribution in [2.24, 2.45) is 0 Å². The van der Waals surface area contributed by atoms with Crippen LogP contribution in [-0.4, -0.2) is 35.3 Å². The topological polar surface area (TPSA) is 76.2 Å². The van der Waals surface area contributed by atoms with Crippen LogP contribution in [0.4, 0.5) is 5.69 Å². The van der Waals surface area contributed by atoms with E-state index < -0.39 is 0 Å². The third-order valence-corrected chi connectivity index (χ3v) is 4.57. The normalized spacial score (nSPS) is 16.3. The quantitative estimate of drug-likeness (QED) is 0.695. The van der Waals surface area contributed by atoms with E-state index in [1.165, 1.54) is 0 Å². The highest BCUT2D eigenvalue weighted by molar-refractivity contribution is 5.50. The van der Waals surface area contributed by atoms with Crippen LogP contribution in [0.25, 0.3) is 0 Å². The molecule has 2 heterocycles. The number of nitrogens with zero attached hydrogens (tertiary/aromatic N) is 5. The number of ether oxygens (including phenoxy) is 2. The molecule has 1 aliphatic rings. The SMILES string of the molecule is COc1ccc(N2CCO[C@H]2c2cn(Cc3ccccc3C#N)nn2)cc1. The van der Waals surface area contributed by atoms with Gasteiger partial charge in [-0.1, -0.05) is 23.4 Å². The van der Waals surface area contributed by atoms with Crippen molar-refractivity contribution in [3.63, 3.8) is 0 Å². The Labute approximate surface area is 157 Å². The fourth-order valence-corrected chi connectivity index (χ4v) is 3.20. The van der Waals surface area contributed by atoms with Crippen molar-refractivity contribution in [2.75, 3.05) is 25.2 Å². The van der Waals surface area contributed by atoms with E-state index in [4.69, 9.17) is 9.47 Å². The molecule has 0 spiro atoms. The Hall–Kier alpha value is -3.37. The minimum atomic E-state index is -0.279. The summed E-state index contributed by atoms with van der Waals surface area (Å²) in [4.78, 5) is 2.15. The van der Waals surface area contributed by atoms with Gasteiger partial charge < -0.3 is 14.4 Å². The summed E-state index contributed by atoms with van der Waals surface area (Å²) in [7, 11) is 1.65. The Bertz CT molecular complexity index is 961. The van der Waals surface area contributed by atoms with E-state index >= 15 is 0 Å². The van der Waals surface area contributed by atoms with Crippen LogP contribution in [0.1, 0.15) is 23.0 Å². The van der Waals surface area contributed by atoms with Crippen LogP contribution in [0.2, 0.25) is 0 Å². The molecule has 7 nitrogen and oxygen atoms in total. The van der Waals surface area contributed by atoms with Gasteiger partial charge in [0.15, 0.2) is 6.23 Å². The lowest BCUT2D eigenvalue weighted by Crippen LogP contribution is -2.23. The van der Waals surface area contributed by atoms with E-state index in [9.17, 15) is 5.26 Å². The van der Waals surface area contributed by atoms with E-state index in [1.54, 1.807) is 17.9 Å². The number of benzene rings is 2. The van der Waals surface area contributed by atoms with Crippen LogP contribution in [0.5, 0.6) is 5.75 Å². The average Bonchev–Trinajstić information content (AvgIpc) is 3.38. The predicted molar refractivity (Wildman–Crippen MR) is 99.3 cm³/mol. The van der Waals surface area contributed by atoms with Gasteiger partial charge in [0.05, 0.1) is 38.1 Å². The molecule has 0 N–H and O–H groups in total. The summed E-state index contributed by atoms with van der Waals surface area (Å²) in [6, 6.07) is 17.6. The van der Waals surface area contributed by atoms with Crippen LogP contribution in [0.3, 0.4) is 0 Å². The minimum absolute atomic E-state index is 0.279. The smallest absolute Gasteiger partial charge is 0.177 e. The molecule has 1 fully saturated rings. The van der Waals surface area contributed by atoms with Crippen LogP contribution in [0.15, 0.2) is 54.7 Å². The number of nitriles is 1. The maximum absolute atomic E-state index is 9.24. The molecule has 0 saturated carbocycles. The molecule has 1 atom stereocenters. The van der Waals surface area contributed by atoms with Crippen LogP contribution >= 0.6 is 0 Å². The van der Waals surface area contributed by atoms with E-state index in [-0.39, 0.29) is 6.23 Å². The zero-order chi connectivity index (χ0) is 18.6. The summed E-state index contributed by atoms with van der Waals surface area (Å²) in [6.45, 7) is 1.90. The van der Waals surface area contributed by atoms with Gasteiger partial charge in [-0.15, -0.1) is 5.10 Å². The molecule has 7 heteroatoms. The average molecular weight is 361 g/mol. The van der Waals surface area contributed by atoms with Crippen molar-refractivity contribution in [1.29, 1.82) is 5.26 Å². The highest BCUT2D eigenvalue weighted by Crippen LogP contribution is 2.32. The molecular formula is C20H19N5O2. The molecule has 0 amide bonds. The highest BCUT2D eigenvalue weighted by atomic mass is 16.5. The highest BCUT2D eigenvalue weighted by Gasteiger charge is 2.29. The van der Waals surface area contributed by atoms with E-state index in [0.717, 1.165) is 29.2 Å². The zero-order valence-electron chi connectivity index (χ0n) is 14.9. The third kappa shape index (κ3) is 3.48. The standard InChI is InChI=1S/C20H19N5O2/c1-26-18-8-6-17(7-9-18)25-10-11-27-20(25)19-14-24(23-22-19)13-16-5-3-2-4-15(16)12-21/h2-9,14,20H,10-11,13H2,1H3/t20-/m0/s1. The summed E-state index contributed by atoms with van der Waals surface area (Å²) in [6.07, 6.45) is 1.60. The van der Waals surface area contributed by atoms with Crippen molar-refractivity contribution in [3.05, 3.63) is 71.5 Å². The lowest BCUT2D eigenvalue weighted by Gasteiger charge is -2.23. The summed E-state index contributed by atoms with van der Waals surface area (Å²) in [5.74, 6) is 0.817. The maximum atomic E-state index is 9.24. The van der Waals surface area contributed by atoms with Crippen LogP contribution in [0, 0.1) is 11.3 Å². The second kappa shape index (κ2) is 7.48. The third-order valence-electron chi connectivity index (χ3n) is 4.57. The molecule has 3 aromatic rings. The Morgan fingerprint density at radius 3 is 2.81 bits per heavy atom. The van der Waals surface area contributed by atoms with Gasteiger partial charge in [-0.2, -0.15) is 5.26 Å². The molecule has 27 heavy (non-hydrogen) atoms. The van der Waals surface area contributed by atoms with Gasteiger partial charge in [0, 0.05) is 12.2 Å². The van der Waals surface area contributed by atoms with Gasteiger partial charge in [-0.05, 0) is 35.9 Å². The number of anilines is 1. The lowest BCUT2D eigenvalue weighted by atomic mass is 10.1. The Kier molecular flexibility index (Phi) is 4.73. The monoisotopic (exact) mass is 361 g/mol. The Morgan fingerprint density at radius 2 is 2.04 bits per heavy atom. The molecule has 0 aliphatic carbocycles. The van der Waals surface area contributed by atoms with Gasteiger partial charge in [0.2, 0.25) is 0 Å². The molecule has 0 bridgehead atoms. The van der Waals surface area contributed by atoms with Gasteiger partial charge >= 0.3 is 0 Å². The first kappa shape index (κ1) is 17.1. The lowest BCUT2D eigenvalue weighted by molar-refractivity contribution is 0.110. The van der Waals surface area contributed by atoms with Crippen molar-refractivity contribution < 1.29 is 9.47 Å². The molecular weight excluding hydrogens is 342 g/mol. The van der Waals surface area contributed by atoms with Gasteiger partial charge in [-0.25, -0.2) is 4.68 Å².